The lowest BCUT2D eigenvalue weighted by molar-refractivity contribution is 0.0596. The van der Waals surface area contributed by atoms with Gasteiger partial charge in [-0.2, -0.15) is 16.7 Å². The zero-order valence-corrected chi connectivity index (χ0v) is 13.1. The summed E-state index contributed by atoms with van der Waals surface area (Å²) in [6.07, 6.45) is 0. The molecule has 1 fully saturated rings. The Balaban J connectivity index is 2.31. The third kappa shape index (κ3) is 2.85. The standard InChI is InChI=1S/C14H20N2O3S/c1-9-10(2)20-8-7-16(9)12-6-5-11(14(17)19-4)13(15-12)18-3/h5-6,9-10H,7-8H2,1-4H3. The Bertz CT molecular complexity index is 495. The number of hydrogen-bond donors (Lipinski definition) is 0. The molecule has 2 heterocycles. The van der Waals surface area contributed by atoms with Crippen LogP contribution in [0.25, 0.3) is 0 Å². The van der Waals surface area contributed by atoms with Crippen LogP contribution in [0.1, 0.15) is 24.2 Å². The summed E-state index contributed by atoms with van der Waals surface area (Å²) in [7, 11) is 2.86. The summed E-state index contributed by atoms with van der Waals surface area (Å²) in [5, 5.41) is 0.553. The lowest BCUT2D eigenvalue weighted by Gasteiger charge is -2.38. The summed E-state index contributed by atoms with van der Waals surface area (Å²) >= 11 is 1.97. The van der Waals surface area contributed by atoms with Crippen molar-refractivity contribution in [3.05, 3.63) is 17.7 Å². The summed E-state index contributed by atoms with van der Waals surface area (Å²) in [5.74, 6) is 1.80. The highest BCUT2D eigenvalue weighted by atomic mass is 32.2. The van der Waals surface area contributed by atoms with Crippen LogP contribution >= 0.6 is 11.8 Å². The molecule has 0 aliphatic carbocycles. The molecule has 1 saturated heterocycles. The maximum atomic E-state index is 11.6. The molecule has 2 unspecified atom stereocenters. The van der Waals surface area contributed by atoms with Crippen molar-refractivity contribution in [1.29, 1.82) is 0 Å². The van der Waals surface area contributed by atoms with Crippen LogP contribution in [0.15, 0.2) is 12.1 Å². The predicted octanol–water partition coefficient (Wildman–Crippen LogP) is 2.21. The fourth-order valence-electron chi connectivity index (χ4n) is 2.27. The first-order chi connectivity index (χ1) is 9.58. The van der Waals surface area contributed by atoms with Gasteiger partial charge in [0.1, 0.15) is 11.4 Å². The van der Waals surface area contributed by atoms with E-state index in [1.807, 2.05) is 17.8 Å². The first kappa shape index (κ1) is 15.0. The van der Waals surface area contributed by atoms with Crippen molar-refractivity contribution >= 4 is 23.5 Å². The molecule has 20 heavy (non-hydrogen) atoms. The first-order valence-corrected chi connectivity index (χ1v) is 7.65. The van der Waals surface area contributed by atoms with Gasteiger partial charge >= 0.3 is 5.97 Å². The van der Waals surface area contributed by atoms with Crippen molar-refractivity contribution in [3.63, 3.8) is 0 Å². The smallest absolute Gasteiger partial charge is 0.343 e. The number of carbonyl (C=O) groups is 1. The summed E-state index contributed by atoms with van der Waals surface area (Å²) in [5.41, 5.74) is 0.353. The molecule has 0 saturated carbocycles. The third-order valence-corrected chi connectivity index (χ3v) is 4.96. The molecule has 0 aromatic carbocycles. The number of ether oxygens (including phenoxy) is 2. The summed E-state index contributed by atoms with van der Waals surface area (Å²) in [6.45, 7) is 5.37. The van der Waals surface area contributed by atoms with Crippen LogP contribution in [0.2, 0.25) is 0 Å². The van der Waals surface area contributed by atoms with Crippen LogP contribution in [-0.4, -0.2) is 48.8 Å². The van der Waals surface area contributed by atoms with E-state index in [0.717, 1.165) is 18.1 Å². The number of anilines is 1. The highest BCUT2D eigenvalue weighted by Gasteiger charge is 2.27. The van der Waals surface area contributed by atoms with E-state index in [9.17, 15) is 4.79 Å². The monoisotopic (exact) mass is 296 g/mol. The van der Waals surface area contributed by atoms with Crippen molar-refractivity contribution in [2.45, 2.75) is 25.1 Å². The molecule has 110 valence electrons. The number of carbonyl (C=O) groups excluding carboxylic acids is 1. The van der Waals surface area contributed by atoms with Crippen molar-refractivity contribution in [2.75, 3.05) is 31.4 Å². The molecule has 6 heteroatoms. The second-order valence-electron chi connectivity index (χ2n) is 4.73. The van der Waals surface area contributed by atoms with E-state index < -0.39 is 5.97 Å². The number of pyridine rings is 1. The predicted molar refractivity (Wildman–Crippen MR) is 80.9 cm³/mol. The summed E-state index contributed by atoms with van der Waals surface area (Å²) in [6, 6.07) is 3.97. The Labute approximate surface area is 123 Å². The highest BCUT2D eigenvalue weighted by molar-refractivity contribution is 8.00. The second-order valence-corrected chi connectivity index (χ2v) is 6.21. The van der Waals surface area contributed by atoms with Crippen LogP contribution in [0, 0.1) is 0 Å². The van der Waals surface area contributed by atoms with E-state index in [4.69, 9.17) is 9.47 Å². The van der Waals surface area contributed by atoms with E-state index in [-0.39, 0.29) is 0 Å². The minimum absolute atomic E-state index is 0.312. The molecule has 0 spiro atoms. The average Bonchev–Trinajstić information content (AvgIpc) is 2.48. The molecule has 2 atom stereocenters. The topological polar surface area (TPSA) is 51.7 Å². The fraction of sp³-hybridized carbons (Fsp3) is 0.571. The average molecular weight is 296 g/mol. The molecule has 0 N–H and O–H groups in total. The largest absolute Gasteiger partial charge is 0.480 e. The summed E-state index contributed by atoms with van der Waals surface area (Å²) in [4.78, 5) is 18.4. The van der Waals surface area contributed by atoms with Crippen molar-refractivity contribution < 1.29 is 14.3 Å². The van der Waals surface area contributed by atoms with Gasteiger partial charge in [0.15, 0.2) is 0 Å². The van der Waals surface area contributed by atoms with Gasteiger partial charge in [0.25, 0.3) is 0 Å². The SMILES string of the molecule is COC(=O)c1ccc(N2CCSC(C)C2C)nc1OC. The van der Waals surface area contributed by atoms with Gasteiger partial charge in [0.05, 0.1) is 14.2 Å². The molecule has 0 radical (unpaired) electrons. The first-order valence-electron chi connectivity index (χ1n) is 6.60. The van der Waals surface area contributed by atoms with Crippen molar-refractivity contribution in [1.82, 2.24) is 4.98 Å². The van der Waals surface area contributed by atoms with Crippen LogP contribution in [0.4, 0.5) is 5.82 Å². The number of esters is 1. The van der Waals surface area contributed by atoms with E-state index in [2.05, 4.69) is 23.7 Å². The molecule has 2 rings (SSSR count). The van der Waals surface area contributed by atoms with Gasteiger partial charge in [0.2, 0.25) is 5.88 Å². The van der Waals surface area contributed by atoms with Gasteiger partial charge in [-0.05, 0) is 19.1 Å². The minimum Gasteiger partial charge on any atom is -0.480 e. The summed E-state index contributed by atoms with van der Waals surface area (Å²) < 4.78 is 9.94. The Kier molecular flexibility index (Phi) is 4.75. The second kappa shape index (κ2) is 6.35. The van der Waals surface area contributed by atoms with Gasteiger partial charge < -0.3 is 14.4 Å². The maximum absolute atomic E-state index is 11.6. The quantitative estimate of drug-likeness (QED) is 0.797. The van der Waals surface area contributed by atoms with Crippen LogP contribution < -0.4 is 9.64 Å². The number of thioether (sulfide) groups is 1. The van der Waals surface area contributed by atoms with Gasteiger partial charge in [-0.1, -0.05) is 6.92 Å². The molecular weight excluding hydrogens is 276 g/mol. The van der Waals surface area contributed by atoms with Gasteiger partial charge in [0, 0.05) is 23.6 Å². The molecule has 1 aliphatic rings. The lowest BCUT2D eigenvalue weighted by Crippen LogP contribution is -2.45. The molecule has 0 bridgehead atoms. The fourth-order valence-corrected chi connectivity index (χ4v) is 3.37. The van der Waals surface area contributed by atoms with E-state index in [0.29, 0.717) is 22.7 Å². The van der Waals surface area contributed by atoms with E-state index >= 15 is 0 Å². The molecule has 1 aromatic rings. The Morgan fingerprint density at radius 2 is 2.15 bits per heavy atom. The normalized spacial score (nSPS) is 22.5. The number of hydrogen-bond acceptors (Lipinski definition) is 6. The third-order valence-electron chi connectivity index (χ3n) is 3.62. The van der Waals surface area contributed by atoms with E-state index in [1.54, 1.807) is 6.07 Å². The number of methoxy groups -OCH3 is 2. The minimum atomic E-state index is -0.434. The van der Waals surface area contributed by atoms with Gasteiger partial charge in [-0.15, -0.1) is 0 Å². The Morgan fingerprint density at radius 3 is 2.80 bits per heavy atom. The van der Waals surface area contributed by atoms with Crippen molar-refractivity contribution in [2.24, 2.45) is 0 Å². The lowest BCUT2D eigenvalue weighted by atomic mass is 10.2. The van der Waals surface area contributed by atoms with Crippen LogP contribution in [0.3, 0.4) is 0 Å². The van der Waals surface area contributed by atoms with Crippen LogP contribution in [-0.2, 0) is 4.74 Å². The molecule has 1 aliphatic heterocycles. The zero-order chi connectivity index (χ0) is 14.7. The molecule has 1 aromatic heterocycles. The Hall–Kier alpha value is -1.43. The number of nitrogens with zero attached hydrogens (tertiary/aromatic N) is 2. The zero-order valence-electron chi connectivity index (χ0n) is 12.3. The number of aromatic nitrogens is 1. The van der Waals surface area contributed by atoms with Crippen LogP contribution in [0.5, 0.6) is 5.88 Å². The molecular formula is C14H20N2O3S. The van der Waals surface area contributed by atoms with Gasteiger partial charge in [-0.3, -0.25) is 0 Å². The molecule has 5 nitrogen and oxygen atoms in total. The molecule has 0 amide bonds. The van der Waals surface area contributed by atoms with Crippen molar-refractivity contribution in [3.8, 4) is 5.88 Å². The number of rotatable bonds is 3. The highest BCUT2D eigenvalue weighted by Crippen LogP contribution is 2.30. The van der Waals surface area contributed by atoms with Gasteiger partial charge in [-0.25, -0.2) is 4.79 Å². The van der Waals surface area contributed by atoms with E-state index in [1.165, 1.54) is 14.2 Å². The Morgan fingerprint density at radius 1 is 1.40 bits per heavy atom. The maximum Gasteiger partial charge on any atom is 0.343 e.